The fraction of sp³-hybridized carbons (Fsp3) is 0.333. The van der Waals surface area contributed by atoms with Gasteiger partial charge >= 0.3 is 5.97 Å². The number of carbonyl (C=O) groups is 2. The van der Waals surface area contributed by atoms with Crippen molar-refractivity contribution in [2.75, 3.05) is 24.3 Å². The number of aliphatic carboxylic acids is 1. The Morgan fingerprint density at radius 3 is 0.630 bits per heavy atom. The number of carboxylic acids is 1. The summed E-state index contributed by atoms with van der Waals surface area (Å²) in [5, 5.41) is 11.3. The largest absolute Gasteiger partial charge is 0.494 e. The molecule has 0 saturated heterocycles. The maximum Gasteiger partial charge on any atom is 0.303 e. The number of pyridine rings is 2. The molecule has 4 N–H and O–H groups in total. The van der Waals surface area contributed by atoms with E-state index in [2.05, 4.69) is 47.1 Å². The van der Waals surface area contributed by atoms with Gasteiger partial charge in [0.25, 0.3) is 0 Å². The number of aryl methyl sites for hydroxylation is 2. The Kier molecular flexibility index (Phi) is 162. The van der Waals surface area contributed by atoms with Gasteiger partial charge < -0.3 is 25.6 Å². The van der Waals surface area contributed by atoms with Crippen molar-refractivity contribution in [1.29, 1.82) is 0 Å². The lowest BCUT2D eigenvalue weighted by atomic mass is 10.2. The van der Waals surface area contributed by atoms with Crippen LogP contribution in [0.1, 0.15) is 62.8 Å². The quantitative estimate of drug-likeness (QED) is 0.0982. The number of halogens is 2. The van der Waals surface area contributed by atoms with Crippen LogP contribution in [-0.4, -0.2) is 40.2 Å². The van der Waals surface area contributed by atoms with Crippen molar-refractivity contribution >= 4 is 944 Å². The van der Waals surface area contributed by atoms with E-state index in [-0.39, 0.29) is 12.3 Å². The third kappa shape index (κ3) is 140. The first-order valence-electron chi connectivity index (χ1n) is 31.7. The molecule has 846 valence electrons. The molecule has 2 heterocycles. The summed E-state index contributed by atoms with van der Waals surface area (Å²) in [4.78, 5) is 30.2. The molecule has 0 aliphatic carbocycles. The van der Waals surface area contributed by atoms with Crippen molar-refractivity contribution in [3.8, 4) is 11.5 Å². The highest BCUT2D eigenvalue weighted by molar-refractivity contribution is 9.11. The Morgan fingerprint density at radius 2 is 0.459 bits per heavy atom. The van der Waals surface area contributed by atoms with Gasteiger partial charge in [-0.2, -0.15) is 0 Å². The van der Waals surface area contributed by atoms with Crippen LogP contribution in [-0.2, 0) is 898 Å². The van der Waals surface area contributed by atoms with Gasteiger partial charge in [-0.25, -0.2) is 0 Å². The minimum atomic E-state index is -0.729. The first-order chi connectivity index (χ1) is 71.9. The fourth-order valence-electron chi connectivity index (χ4n) is 5.06. The molecule has 2 aromatic heterocycles. The highest BCUT2D eigenvalue weighted by atomic mass is 79.9. The summed E-state index contributed by atoms with van der Waals surface area (Å²) in [7, 11) is 170. The number of aromatic nitrogens is 2. The van der Waals surface area contributed by atoms with Crippen LogP contribution in [0.25, 0.3) is 0 Å². The fourth-order valence-corrected chi connectivity index (χ4v) is 256. The van der Waals surface area contributed by atoms with Gasteiger partial charge in [-0.05, 0) is 113 Å². The van der Waals surface area contributed by atoms with Crippen molar-refractivity contribution in [3.63, 3.8) is 0 Å². The van der Waals surface area contributed by atoms with E-state index in [1.54, 1.807) is 238 Å². The topological polar surface area (TPSA) is 137 Å². The summed E-state index contributed by atoms with van der Waals surface area (Å²) in [5.41, 5.74) is 8.86. The van der Waals surface area contributed by atoms with Crippen molar-refractivity contribution in [1.82, 2.24) is 9.97 Å². The summed E-state index contributed by atoms with van der Waals surface area (Å²) in [6, 6.07) is 22.8. The third-order valence-corrected chi connectivity index (χ3v) is 217. The van der Waals surface area contributed by atoms with Crippen LogP contribution < -0.4 is 20.5 Å². The molecule has 9 nitrogen and oxygen atoms in total. The van der Waals surface area contributed by atoms with E-state index in [0.717, 1.165) is 81.7 Å². The van der Waals surface area contributed by atoms with E-state index in [1.807, 2.05) is 670 Å². The van der Waals surface area contributed by atoms with Gasteiger partial charge in [-0.1, -0.05) is 44.0 Å². The second-order valence-electron chi connectivity index (χ2n) is 17.1. The molecule has 0 saturated carbocycles. The lowest BCUT2D eigenvalue weighted by Crippen LogP contribution is -2.11. The van der Waals surface area contributed by atoms with E-state index < -0.39 is 5.97 Å². The molecule has 4 rings (SSSR count). The van der Waals surface area contributed by atoms with E-state index in [1.165, 1.54) is 35.5 Å². The van der Waals surface area contributed by atoms with Crippen LogP contribution >= 0.6 is 31.9 Å². The smallest absolute Gasteiger partial charge is 0.303 e. The zero-order valence-corrected chi connectivity index (χ0v) is 151. The molecule has 0 radical (unpaired) electrons. The van der Waals surface area contributed by atoms with Crippen LogP contribution in [0.3, 0.4) is 0 Å². The zero-order chi connectivity index (χ0) is 105. The molecule has 0 atom stereocenters. The number of hydrogen-bond donors (Lipinski definition) is 3. The standard InChI is InChI=1S/C18H21BrN2O2.C12H15BrO3.C6H8N2.S61.S38/c1-14-12-16(9-10-20-14)21-18(22)8-3-2-4-11-23-17-7-5-6-15(19)13-17;13-10-5-4-6-11(9-10)16-8-3-1-2-7-12(14)15;1-5-4-6(7)2-3-8-5;1-3-5-7-9-11-13-15-17-19-21-23-25-27-29-31-33-35-37-39-41-43-45-47-49-51-53-55-57-59-61-60-58-56-54-52-50-48-46-44-42-40-38-36-34-32-30-28-26-24-22-20-18-16-14-12-10-8-6-4-2;1-3-5-7-9-11-13-15-17-19-21-23-25-27-29-31-33-35-37-38-36-34-32-30-28-26-24-22-20-18-16-14-12-10-8-6-4-2/h5-7,9-10,12-13H,2-4,8,11H2,1H3,(H,20,21,22);4-6,9H,1-3,7-8H2,(H,14,15);2-4H,1H3,(H2,7,8);;. The molecule has 146 heavy (non-hydrogen) atoms. The summed E-state index contributed by atoms with van der Waals surface area (Å²) >= 11 is 26.0. The summed E-state index contributed by atoms with van der Waals surface area (Å²) in [6.07, 6.45) is 9.43. The molecule has 1 amide bonds. The minimum Gasteiger partial charge on any atom is -0.494 e. The van der Waals surface area contributed by atoms with E-state index in [4.69, 9.17) is 65.1 Å². The highest BCUT2D eigenvalue weighted by Crippen LogP contribution is 2.19. The Hall–Kier alpha value is 17.8. The number of nitrogens with one attached hydrogen (secondary N) is 1. The summed E-state index contributed by atoms with van der Waals surface area (Å²) < 4.78 is 13.2. The first kappa shape index (κ1) is 164. The monoisotopic (exact) mass is 3940 g/mol. The predicted octanol–water partition coefficient (Wildman–Crippen LogP) is 8.94. The maximum atomic E-state index is 11.8. The molecule has 0 aliphatic rings. The summed E-state index contributed by atoms with van der Waals surface area (Å²) in [6.45, 7) is 5.12. The van der Waals surface area contributed by atoms with E-state index in [0.29, 0.717) is 19.6 Å². The Morgan fingerprint density at radius 1 is 0.267 bits per heavy atom. The van der Waals surface area contributed by atoms with E-state index >= 15 is 0 Å². The molecular formula is C36H44Br2N4O5S99. The minimum absolute atomic E-state index is 0.0449. The summed E-state index contributed by atoms with van der Waals surface area (Å²) in [5.74, 6) is 1.02. The van der Waals surface area contributed by atoms with Gasteiger partial charge in [0.05, 0.1) is 13.2 Å². The molecule has 4 aromatic rings. The number of carbonyl (C=O) groups excluding carboxylic acids is 1. The maximum absolute atomic E-state index is 11.8. The molecular weight excluding hydrogens is 3900 g/mol. The number of nitrogen functional groups attached to an aromatic ring is 1. The molecule has 2 aromatic carbocycles. The highest BCUT2D eigenvalue weighted by Gasteiger charge is 2.04. The zero-order valence-electron chi connectivity index (χ0n) is 67.4. The number of benzene rings is 2. The third-order valence-electron chi connectivity index (χ3n) is 8.90. The van der Waals surface area contributed by atoms with E-state index in [9.17, 15) is 9.59 Å². The number of nitrogens with zero attached hydrogens (tertiary/aromatic N) is 2. The van der Waals surface area contributed by atoms with Gasteiger partial charge in [0, 0.05) is 945 Å². The predicted molar refractivity (Wildman–Crippen MR) is 924 cm³/mol. The van der Waals surface area contributed by atoms with Gasteiger partial charge in [-0.3, -0.25) is 19.6 Å². The Balaban J connectivity index is 0.00000207. The van der Waals surface area contributed by atoms with Crippen molar-refractivity contribution in [3.05, 3.63) is 106 Å². The average Bonchev–Trinajstić information content (AvgIpc) is 0.923. The normalized spacial score (nSPS) is 8.49. The molecule has 110 heteroatoms. The number of unbranched alkanes of at least 4 members (excludes halogenated alkanes) is 4. The number of carboxylic acid groups (broad SMARTS) is 1. The second-order valence-corrected chi connectivity index (χ2v) is 187. The average molecular weight is 3950 g/mol. The lowest BCUT2D eigenvalue weighted by molar-refractivity contribution is -0.137. The molecule has 0 aliphatic heterocycles. The number of anilines is 2. The lowest BCUT2D eigenvalue weighted by Gasteiger charge is -2.07. The van der Waals surface area contributed by atoms with Crippen molar-refractivity contribution in [2.24, 2.45) is 0 Å². The second kappa shape index (κ2) is 144. The van der Waals surface area contributed by atoms with Crippen LogP contribution in [0.5, 0.6) is 11.5 Å². The van der Waals surface area contributed by atoms with Crippen molar-refractivity contribution < 1.29 is 24.2 Å². The van der Waals surface area contributed by atoms with Gasteiger partial charge in [0.1, 0.15) is 11.5 Å². The van der Waals surface area contributed by atoms with Gasteiger partial charge in [0.2, 0.25) is 5.91 Å². The number of nitrogens with two attached hydrogens (primary N) is 1. The molecule has 0 fully saturated rings. The Bertz CT molecular complexity index is 9700. The van der Waals surface area contributed by atoms with Crippen LogP contribution in [0.4, 0.5) is 11.4 Å². The number of rotatable bonds is 15. The van der Waals surface area contributed by atoms with Crippen LogP contribution in [0.2, 0.25) is 0 Å². The SMILES string of the molecule is Cc1cc(N)ccn1.Cc1cc(NC(=O)CCCCCOc2cccc(Br)c2)ccn1.O=C(O)CCCCCOc1cccc(Br)c1.S=S=S=S=S=S=S=S=S=S=S=S=S=S=S=S=S=S=S=S=S=S=S=S=S=S=S=S=S=S=S=S=S=S=S=S=S=S.S=S=S=S=S=S=S=S=S=S=S=S=S=S=S=S=S=S=S=S=S=S=S=S=S=S=S=S=S=S=S=S=S=S=S=S=S=S=S=S=S=S=S=S=S=S=S=S=S=S=S=S=S=S=S=S=S=S=S=S=S. The number of ether oxygens (including phenoxy) is 2. The van der Waals surface area contributed by atoms with Crippen LogP contribution in [0.15, 0.2) is 94.1 Å². The molecule has 0 spiro atoms. The number of hydrogen-bond acceptors (Lipinski definition) is 11. The van der Waals surface area contributed by atoms with Crippen molar-refractivity contribution in [2.45, 2.75) is 65.2 Å². The number of amides is 1. The van der Waals surface area contributed by atoms with Gasteiger partial charge in [-0.15, -0.1) is 0 Å². The Labute approximate surface area is 1150 Å². The van der Waals surface area contributed by atoms with Crippen LogP contribution in [0, 0.1) is 13.8 Å². The molecule has 0 bridgehead atoms. The molecule has 0 unspecified atom stereocenters. The van der Waals surface area contributed by atoms with Gasteiger partial charge in [0.15, 0.2) is 0 Å². The first-order valence-corrected chi connectivity index (χ1v) is 163.